The van der Waals surface area contributed by atoms with E-state index in [1.807, 2.05) is 6.92 Å². The third kappa shape index (κ3) is 4.80. The summed E-state index contributed by atoms with van der Waals surface area (Å²) in [6, 6.07) is 0.719. The van der Waals surface area contributed by atoms with E-state index in [1.54, 1.807) is 44.1 Å². The van der Waals surface area contributed by atoms with E-state index in [9.17, 15) is 39.3 Å². The van der Waals surface area contributed by atoms with Crippen molar-refractivity contribution >= 4 is 34.9 Å². The molecule has 0 aliphatic heterocycles. The van der Waals surface area contributed by atoms with Crippen LogP contribution in [0.5, 0.6) is 5.75 Å². The molecule has 13 heteroatoms. The molecule has 7 atom stereocenters. The number of amides is 2. The lowest BCUT2D eigenvalue weighted by molar-refractivity contribution is -0.190. The predicted octanol–water partition coefficient (Wildman–Crippen LogP) is -2.05. The van der Waals surface area contributed by atoms with Gasteiger partial charge in [0.05, 0.1) is 24.1 Å². The van der Waals surface area contributed by atoms with Crippen LogP contribution in [0.3, 0.4) is 0 Å². The molecule has 2 saturated carbocycles. The lowest BCUT2D eigenvalue weighted by atomic mass is 9.52. The van der Waals surface area contributed by atoms with Crippen LogP contribution in [0.15, 0.2) is 6.07 Å². The van der Waals surface area contributed by atoms with Crippen molar-refractivity contribution in [1.29, 1.82) is 0 Å². The molecular formula is C28H39N5O8. The molecule has 0 aromatic heterocycles. The van der Waals surface area contributed by atoms with Crippen molar-refractivity contribution in [2.75, 3.05) is 46.2 Å². The molecule has 4 rings (SSSR count). The standard InChI is InChI=1S/C28H39N5O8/c1-6-30-11-17(34)31-10-13-9-16(32(2)3)14-7-12-8-15-21(33(4)5)24(37)20(27(29)40)26(39)28(15,41)25(38)18(12)23(36)19(14)22(13)35/h9,12,15,18,20-21,24,30,35,37,41H,6-8,10-11H2,1-5H3,(H2,29,40)(H,31,34)/t12-,15-,18?,20?,21?,24?,28-/m1/s1. The van der Waals surface area contributed by atoms with Gasteiger partial charge in [-0.15, -0.1) is 0 Å². The number of phenolic OH excluding ortho intramolecular Hbond substituents is 1. The average Bonchev–Trinajstić information content (AvgIpc) is 2.88. The van der Waals surface area contributed by atoms with E-state index < -0.39 is 64.7 Å². The average molecular weight is 574 g/mol. The van der Waals surface area contributed by atoms with E-state index in [-0.39, 0.29) is 48.7 Å². The maximum Gasteiger partial charge on any atom is 0.234 e. The van der Waals surface area contributed by atoms with Gasteiger partial charge in [0.1, 0.15) is 11.7 Å². The Labute approximate surface area is 238 Å². The number of anilines is 1. The fourth-order valence-corrected chi connectivity index (χ4v) is 6.95. The zero-order valence-electron chi connectivity index (χ0n) is 23.9. The van der Waals surface area contributed by atoms with Gasteiger partial charge >= 0.3 is 0 Å². The van der Waals surface area contributed by atoms with E-state index >= 15 is 0 Å². The zero-order chi connectivity index (χ0) is 30.5. The topological polar surface area (TPSA) is 203 Å². The van der Waals surface area contributed by atoms with Crippen LogP contribution in [0.25, 0.3) is 0 Å². The van der Waals surface area contributed by atoms with Crippen molar-refractivity contribution in [3.63, 3.8) is 0 Å². The maximum absolute atomic E-state index is 14.0. The first-order valence-electron chi connectivity index (χ1n) is 13.7. The fraction of sp³-hybridized carbons (Fsp3) is 0.607. The van der Waals surface area contributed by atoms with Gasteiger partial charge in [-0.1, -0.05) is 6.92 Å². The minimum atomic E-state index is -2.72. The van der Waals surface area contributed by atoms with Gasteiger partial charge in [0.15, 0.2) is 23.0 Å². The molecule has 0 saturated heterocycles. The van der Waals surface area contributed by atoms with Crippen LogP contribution in [0.1, 0.15) is 34.8 Å². The number of nitrogens with zero attached hydrogens (tertiary/aromatic N) is 2. The van der Waals surface area contributed by atoms with E-state index in [0.717, 1.165) is 0 Å². The molecule has 1 aromatic carbocycles. The number of hydrogen-bond acceptors (Lipinski definition) is 11. The monoisotopic (exact) mass is 573 g/mol. The summed E-state index contributed by atoms with van der Waals surface area (Å²) in [5, 5.41) is 39.6. The highest BCUT2D eigenvalue weighted by atomic mass is 16.3. The second kappa shape index (κ2) is 11.1. The lowest BCUT2D eigenvalue weighted by Gasteiger charge is -2.55. The molecule has 0 radical (unpaired) electrons. The first kappa shape index (κ1) is 30.6. The second-order valence-electron chi connectivity index (χ2n) is 11.7. The number of likely N-dealkylation sites (N-methyl/N-ethyl adjacent to an activating group) is 2. The molecule has 224 valence electrons. The summed E-state index contributed by atoms with van der Waals surface area (Å²) in [5.41, 5.74) is 4.00. The summed E-state index contributed by atoms with van der Waals surface area (Å²) in [6.45, 7) is 2.45. The minimum absolute atomic E-state index is 0.0328. The van der Waals surface area contributed by atoms with Gasteiger partial charge in [-0.05, 0) is 51.0 Å². The summed E-state index contributed by atoms with van der Waals surface area (Å²) in [6.07, 6.45) is -1.34. The quantitative estimate of drug-likeness (QED) is 0.187. The number of nitrogens with one attached hydrogen (secondary N) is 2. The number of aliphatic hydroxyl groups excluding tert-OH is 1. The Morgan fingerprint density at radius 2 is 1.80 bits per heavy atom. The van der Waals surface area contributed by atoms with Crippen LogP contribution >= 0.6 is 0 Å². The van der Waals surface area contributed by atoms with E-state index in [1.165, 1.54) is 0 Å². The van der Waals surface area contributed by atoms with Crippen LogP contribution in [0, 0.1) is 23.7 Å². The fourth-order valence-electron chi connectivity index (χ4n) is 6.95. The molecular weight excluding hydrogens is 534 g/mol. The van der Waals surface area contributed by atoms with Gasteiger partial charge in [-0.25, -0.2) is 0 Å². The molecule has 3 aliphatic rings. The molecule has 0 spiro atoms. The van der Waals surface area contributed by atoms with Crippen LogP contribution in [-0.2, 0) is 32.1 Å². The largest absolute Gasteiger partial charge is 0.507 e. The van der Waals surface area contributed by atoms with Crippen molar-refractivity contribution in [2.45, 2.75) is 44.1 Å². The molecule has 0 bridgehead atoms. The third-order valence-electron chi connectivity index (χ3n) is 8.84. The van der Waals surface area contributed by atoms with Gasteiger partial charge in [-0.3, -0.25) is 24.0 Å². The molecule has 2 fully saturated rings. The molecule has 13 nitrogen and oxygen atoms in total. The summed E-state index contributed by atoms with van der Waals surface area (Å²) in [7, 11) is 6.73. The number of aromatic hydroxyl groups is 1. The second-order valence-corrected chi connectivity index (χ2v) is 11.7. The molecule has 0 heterocycles. The number of aliphatic hydroxyl groups is 2. The smallest absolute Gasteiger partial charge is 0.234 e. The highest BCUT2D eigenvalue weighted by Crippen LogP contribution is 2.52. The Morgan fingerprint density at radius 1 is 1.15 bits per heavy atom. The van der Waals surface area contributed by atoms with Crippen LogP contribution in [0.2, 0.25) is 0 Å². The van der Waals surface area contributed by atoms with E-state index in [4.69, 9.17) is 5.73 Å². The third-order valence-corrected chi connectivity index (χ3v) is 8.84. The highest BCUT2D eigenvalue weighted by Gasteiger charge is 2.69. The van der Waals surface area contributed by atoms with Gasteiger partial charge in [0.2, 0.25) is 11.8 Å². The minimum Gasteiger partial charge on any atom is -0.507 e. The van der Waals surface area contributed by atoms with Crippen LogP contribution in [-0.4, -0.2) is 108 Å². The Morgan fingerprint density at radius 3 is 2.37 bits per heavy atom. The van der Waals surface area contributed by atoms with Crippen molar-refractivity contribution in [2.24, 2.45) is 29.4 Å². The Kier molecular flexibility index (Phi) is 8.29. The number of ketones is 3. The van der Waals surface area contributed by atoms with Crippen molar-refractivity contribution in [1.82, 2.24) is 15.5 Å². The number of primary amides is 1. The zero-order valence-corrected chi connectivity index (χ0v) is 23.9. The number of benzene rings is 1. The first-order valence-corrected chi connectivity index (χ1v) is 13.7. The molecule has 3 aliphatic carbocycles. The van der Waals surface area contributed by atoms with E-state index in [2.05, 4.69) is 10.6 Å². The molecule has 1 aromatic rings. The van der Waals surface area contributed by atoms with Crippen molar-refractivity contribution < 1.29 is 39.3 Å². The summed E-state index contributed by atoms with van der Waals surface area (Å²) in [5.74, 6) is -9.90. The summed E-state index contributed by atoms with van der Waals surface area (Å²) in [4.78, 5) is 69.2. The van der Waals surface area contributed by atoms with Crippen LogP contribution in [0.4, 0.5) is 5.69 Å². The van der Waals surface area contributed by atoms with Gasteiger partial charge in [0.25, 0.3) is 0 Å². The number of carbonyl (C=O) groups is 5. The summed E-state index contributed by atoms with van der Waals surface area (Å²) < 4.78 is 0. The Balaban J connectivity index is 1.80. The molecule has 4 unspecified atom stereocenters. The van der Waals surface area contributed by atoms with Gasteiger partial charge < -0.3 is 41.5 Å². The Bertz CT molecular complexity index is 1300. The van der Waals surface area contributed by atoms with E-state index in [0.29, 0.717) is 17.8 Å². The van der Waals surface area contributed by atoms with Crippen molar-refractivity contribution in [3.05, 3.63) is 22.8 Å². The van der Waals surface area contributed by atoms with Crippen LogP contribution < -0.4 is 21.3 Å². The number of nitrogens with two attached hydrogens (primary N) is 1. The number of rotatable bonds is 8. The highest BCUT2D eigenvalue weighted by molar-refractivity contribution is 6.25. The predicted molar refractivity (Wildman–Crippen MR) is 147 cm³/mol. The van der Waals surface area contributed by atoms with Gasteiger partial charge in [0, 0.05) is 43.9 Å². The number of carbonyl (C=O) groups excluding carboxylic acids is 5. The summed E-state index contributed by atoms with van der Waals surface area (Å²) >= 11 is 0. The molecule has 2 amide bonds. The number of hydrogen-bond donors (Lipinski definition) is 6. The lowest BCUT2D eigenvalue weighted by Crippen LogP contribution is -2.75. The molecule has 41 heavy (non-hydrogen) atoms. The SMILES string of the molecule is CCNCC(=O)NCc1cc(N(C)C)c2c(c1O)C(=O)C1C(=O)[C@@]3(O)C(=O)C(C(N)=O)C(O)C(N(C)C)[C@H]3C[C@H]1C2. The van der Waals surface area contributed by atoms with Crippen molar-refractivity contribution in [3.8, 4) is 5.75 Å². The number of phenols is 1. The maximum atomic E-state index is 14.0. The Hall–Kier alpha value is -3.39. The van der Waals surface area contributed by atoms with Gasteiger partial charge in [-0.2, -0.15) is 0 Å². The number of Topliss-reactive ketones (excluding diaryl/α,β-unsaturated/α-hetero) is 3. The first-order chi connectivity index (χ1) is 19.2. The normalized spacial score (nSPS) is 30.9. The number of fused-ring (bicyclic) bond motifs is 3. The molecule has 7 N–H and O–H groups in total.